The van der Waals surface area contributed by atoms with Crippen LogP contribution in [0, 0.1) is 5.82 Å². The molecule has 0 amide bonds. The Morgan fingerprint density at radius 2 is 1.76 bits per heavy atom. The fourth-order valence-electron chi connectivity index (χ4n) is 4.69. The van der Waals surface area contributed by atoms with Crippen molar-refractivity contribution in [3.05, 3.63) is 53.8 Å². The number of benzene rings is 2. The minimum absolute atomic E-state index is 0.00363. The molecule has 0 bridgehead atoms. The molecule has 0 saturated carbocycles. The van der Waals surface area contributed by atoms with Crippen molar-refractivity contribution in [3.63, 3.8) is 0 Å². The first kappa shape index (κ1) is 24.9. The van der Waals surface area contributed by atoms with E-state index >= 15 is 0 Å². The molecule has 0 unspecified atom stereocenters. The van der Waals surface area contributed by atoms with Crippen molar-refractivity contribution in [2.45, 2.75) is 62.8 Å². The van der Waals surface area contributed by atoms with Crippen LogP contribution in [0.3, 0.4) is 0 Å². The quantitative estimate of drug-likeness (QED) is 0.553. The molecule has 2 aromatic rings. The van der Waals surface area contributed by atoms with Crippen LogP contribution in [0.25, 0.3) is 0 Å². The Hall–Kier alpha value is -2.16. The summed E-state index contributed by atoms with van der Waals surface area (Å²) in [5.74, 6) is 0.367. The molecule has 2 aromatic carbocycles. The molecule has 1 N–H and O–H groups in total. The van der Waals surface area contributed by atoms with Crippen LogP contribution in [0.15, 0.2) is 47.4 Å². The zero-order valence-electron chi connectivity index (χ0n) is 20.4. The largest absolute Gasteiger partial charge is 0.471 e. The van der Waals surface area contributed by atoms with Gasteiger partial charge in [-0.1, -0.05) is 32.9 Å². The summed E-state index contributed by atoms with van der Waals surface area (Å²) in [5, 5.41) is 0. The summed E-state index contributed by atoms with van der Waals surface area (Å²) >= 11 is 0. The van der Waals surface area contributed by atoms with Gasteiger partial charge in [-0.05, 0) is 67.5 Å². The number of anilines is 1. The average molecular weight is 490 g/mol. The van der Waals surface area contributed by atoms with E-state index in [1.54, 1.807) is 12.1 Å². The number of ether oxygens (including phenoxy) is 1. The summed E-state index contributed by atoms with van der Waals surface area (Å²) in [6, 6.07) is 12.3. The number of nitrogens with one attached hydrogen (secondary N) is 1. The second kappa shape index (κ2) is 10.2. The minimum atomic E-state index is -3.48. The zero-order chi connectivity index (χ0) is 24.3. The number of halogens is 1. The molecule has 0 aromatic heterocycles. The number of piperidine rings is 1. The molecule has 2 aliphatic heterocycles. The minimum Gasteiger partial charge on any atom is -0.471 e. The molecule has 186 valence electrons. The van der Waals surface area contributed by atoms with Crippen LogP contribution >= 0.6 is 0 Å². The lowest BCUT2D eigenvalue weighted by Gasteiger charge is -2.37. The normalized spacial score (nSPS) is 17.6. The van der Waals surface area contributed by atoms with E-state index in [-0.39, 0.29) is 11.2 Å². The van der Waals surface area contributed by atoms with Crippen molar-refractivity contribution in [2.24, 2.45) is 0 Å². The molecule has 6 nitrogen and oxygen atoms in total. The van der Waals surface area contributed by atoms with E-state index in [4.69, 9.17) is 4.74 Å². The molecular formula is C26H36FN3O3S. The zero-order valence-corrected chi connectivity index (χ0v) is 21.2. The van der Waals surface area contributed by atoms with Gasteiger partial charge in [-0.2, -0.15) is 0 Å². The third kappa shape index (κ3) is 5.90. The first-order valence-corrected chi connectivity index (χ1v) is 13.6. The third-order valence-corrected chi connectivity index (χ3v) is 8.29. The number of unbranched alkanes of at least 4 members (excludes halogenated alkanes) is 1. The van der Waals surface area contributed by atoms with Gasteiger partial charge in [0.2, 0.25) is 10.0 Å². The molecular weight excluding hydrogens is 453 g/mol. The van der Waals surface area contributed by atoms with Gasteiger partial charge in [-0.3, -0.25) is 0 Å². The fraction of sp³-hybridized carbons (Fsp3) is 0.538. The lowest BCUT2D eigenvalue weighted by atomic mass is 9.87. The van der Waals surface area contributed by atoms with Gasteiger partial charge in [0.05, 0.1) is 10.6 Å². The third-order valence-electron chi connectivity index (χ3n) is 6.81. The van der Waals surface area contributed by atoms with E-state index in [0.29, 0.717) is 30.0 Å². The number of fused-ring (bicyclic) bond motifs is 1. The Morgan fingerprint density at radius 3 is 2.44 bits per heavy atom. The second-order valence-corrected chi connectivity index (χ2v) is 12.1. The molecule has 4 rings (SSSR count). The highest BCUT2D eigenvalue weighted by Gasteiger charge is 2.30. The molecule has 34 heavy (non-hydrogen) atoms. The van der Waals surface area contributed by atoms with Gasteiger partial charge in [-0.15, -0.1) is 0 Å². The van der Waals surface area contributed by atoms with E-state index < -0.39 is 10.0 Å². The topological polar surface area (TPSA) is 61.9 Å². The number of hydrogen-bond donors (Lipinski definition) is 1. The molecule has 1 saturated heterocycles. The Labute approximate surface area is 203 Å². The van der Waals surface area contributed by atoms with Crippen molar-refractivity contribution in [1.29, 1.82) is 0 Å². The molecule has 0 spiro atoms. The fourth-order valence-corrected chi connectivity index (χ4v) is 5.76. The first-order valence-electron chi connectivity index (χ1n) is 12.1. The van der Waals surface area contributed by atoms with Crippen LogP contribution in [-0.4, -0.2) is 52.3 Å². The van der Waals surface area contributed by atoms with Crippen molar-refractivity contribution in [1.82, 2.24) is 9.62 Å². The van der Waals surface area contributed by atoms with Crippen molar-refractivity contribution in [3.8, 4) is 5.75 Å². The SMILES string of the molecule is CC(C)(C)c1ccc(S(=O)(=O)NCCCCN2CCC(N3COc4cc(F)ccc43)CC2)cc1. The Morgan fingerprint density at radius 1 is 1.06 bits per heavy atom. The smallest absolute Gasteiger partial charge is 0.240 e. The number of sulfonamides is 1. The van der Waals surface area contributed by atoms with Gasteiger partial charge in [0.1, 0.15) is 11.6 Å². The van der Waals surface area contributed by atoms with Crippen molar-refractivity contribution in [2.75, 3.05) is 37.8 Å². The van der Waals surface area contributed by atoms with E-state index in [9.17, 15) is 12.8 Å². The summed E-state index contributed by atoms with van der Waals surface area (Å²) in [4.78, 5) is 5.01. The summed E-state index contributed by atoms with van der Waals surface area (Å²) < 4.78 is 47.0. The maximum Gasteiger partial charge on any atom is 0.240 e. The van der Waals surface area contributed by atoms with Gasteiger partial charge >= 0.3 is 0 Å². The summed E-state index contributed by atoms with van der Waals surface area (Å²) in [5.41, 5.74) is 2.10. The molecule has 0 radical (unpaired) electrons. The predicted molar refractivity (Wildman–Crippen MR) is 133 cm³/mol. The molecule has 2 aliphatic rings. The standard InChI is InChI=1S/C26H36FN3O3S/c1-26(2,3)20-6-9-23(10-7-20)34(31,32)28-14-4-5-15-29-16-12-22(13-17-29)30-19-33-25-18-21(27)8-11-24(25)30/h6-11,18,22,28H,4-5,12-17,19H2,1-3H3. The number of hydrogen-bond acceptors (Lipinski definition) is 5. The lowest BCUT2D eigenvalue weighted by molar-refractivity contribution is 0.198. The monoisotopic (exact) mass is 489 g/mol. The van der Waals surface area contributed by atoms with Crippen molar-refractivity contribution >= 4 is 15.7 Å². The maximum atomic E-state index is 13.4. The molecule has 0 aliphatic carbocycles. The Balaban J connectivity index is 1.16. The van der Waals surface area contributed by atoms with Gasteiger partial charge in [0.25, 0.3) is 0 Å². The highest BCUT2D eigenvalue weighted by Crippen LogP contribution is 2.37. The van der Waals surface area contributed by atoms with Gasteiger partial charge < -0.3 is 14.5 Å². The predicted octanol–water partition coefficient (Wildman–Crippen LogP) is 4.50. The van der Waals surface area contributed by atoms with Gasteiger partial charge in [0, 0.05) is 31.7 Å². The average Bonchev–Trinajstić information content (AvgIpc) is 3.22. The first-order chi connectivity index (χ1) is 16.1. The van der Waals surface area contributed by atoms with Crippen LogP contribution in [0.4, 0.5) is 10.1 Å². The van der Waals surface area contributed by atoms with E-state index in [1.807, 2.05) is 18.2 Å². The van der Waals surface area contributed by atoms with Gasteiger partial charge in [-0.25, -0.2) is 17.5 Å². The number of rotatable bonds is 8. The van der Waals surface area contributed by atoms with Crippen molar-refractivity contribution < 1.29 is 17.5 Å². The maximum absolute atomic E-state index is 13.4. The lowest BCUT2D eigenvalue weighted by Crippen LogP contribution is -2.45. The van der Waals surface area contributed by atoms with Crippen LogP contribution in [-0.2, 0) is 15.4 Å². The second-order valence-electron chi connectivity index (χ2n) is 10.3. The molecule has 8 heteroatoms. The van der Waals surface area contributed by atoms with Crippen LogP contribution in [0.1, 0.15) is 52.0 Å². The summed E-state index contributed by atoms with van der Waals surface area (Å²) in [7, 11) is -3.48. The van der Waals surface area contributed by atoms with Crippen LogP contribution in [0.2, 0.25) is 0 Å². The molecule has 1 fully saturated rings. The van der Waals surface area contributed by atoms with E-state index in [0.717, 1.165) is 56.6 Å². The van der Waals surface area contributed by atoms with Crippen LogP contribution < -0.4 is 14.4 Å². The highest BCUT2D eigenvalue weighted by molar-refractivity contribution is 7.89. The molecule has 2 heterocycles. The van der Waals surface area contributed by atoms with E-state index in [2.05, 4.69) is 35.3 Å². The van der Waals surface area contributed by atoms with Gasteiger partial charge in [0.15, 0.2) is 6.73 Å². The van der Waals surface area contributed by atoms with Crippen LogP contribution in [0.5, 0.6) is 5.75 Å². The highest BCUT2D eigenvalue weighted by atomic mass is 32.2. The summed E-state index contributed by atoms with van der Waals surface area (Å²) in [6.07, 6.45) is 3.83. The number of nitrogens with zero attached hydrogens (tertiary/aromatic N) is 2. The Kier molecular flexibility index (Phi) is 7.50. The number of likely N-dealkylation sites (tertiary alicyclic amines) is 1. The van der Waals surface area contributed by atoms with E-state index in [1.165, 1.54) is 12.1 Å². The molecule has 0 atom stereocenters. The summed E-state index contributed by atoms with van der Waals surface area (Å²) in [6.45, 7) is 10.2. The Bertz CT molecular complexity index is 1080.